The maximum atomic E-state index is 13.0. The van der Waals surface area contributed by atoms with Crippen molar-refractivity contribution < 1.29 is 27.5 Å². The summed E-state index contributed by atoms with van der Waals surface area (Å²) in [5, 5.41) is 3.45. The largest absolute Gasteiger partial charge is 0.462 e. The predicted octanol–water partition coefficient (Wildman–Crippen LogP) is 5.74. The number of nitrogens with zero attached hydrogens (tertiary/aromatic N) is 2. The van der Waals surface area contributed by atoms with Gasteiger partial charge in [0.1, 0.15) is 0 Å². The number of amides is 1. The van der Waals surface area contributed by atoms with E-state index in [1.807, 2.05) is 0 Å². The van der Waals surface area contributed by atoms with Crippen molar-refractivity contribution in [2.75, 3.05) is 11.9 Å². The zero-order valence-electron chi connectivity index (χ0n) is 17.9. The first kappa shape index (κ1) is 22.9. The summed E-state index contributed by atoms with van der Waals surface area (Å²) in [5.41, 5.74) is 1.39. The lowest BCUT2D eigenvalue weighted by Gasteiger charge is -2.11. The molecule has 2 aromatic heterocycles. The van der Waals surface area contributed by atoms with Gasteiger partial charge in [-0.05, 0) is 49.4 Å². The summed E-state index contributed by atoms with van der Waals surface area (Å²) in [6.07, 6.45) is -1.59. The van der Waals surface area contributed by atoms with Crippen LogP contribution in [0, 0.1) is 0 Å². The molecule has 172 valence electrons. The molecule has 0 aliphatic heterocycles. The zero-order valence-corrected chi connectivity index (χ0v) is 17.9. The minimum absolute atomic E-state index is 0.202. The van der Waals surface area contributed by atoms with Crippen molar-refractivity contribution in [1.82, 2.24) is 9.97 Å². The van der Waals surface area contributed by atoms with Gasteiger partial charge in [0.2, 0.25) is 0 Å². The van der Waals surface area contributed by atoms with E-state index in [4.69, 9.17) is 4.74 Å². The second kappa shape index (κ2) is 9.30. The molecule has 9 heteroatoms. The fourth-order valence-corrected chi connectivity index (χ4v) is 3.36. The standard InChI is InChI=1S/C25H18F3N3O3/c1-2-34-24(33)17-12-16-7-10-19(13-21(16)30-14-17)31-23(32)20-4-3-11-29-22(20)15-5-8-18(9-6-15)25(26,27)28/h3-14H,2H2,1H3,(H,31,32). The molecule has 1 amide bonds. The van der Waals surface area contributed by atoms with Crippen molar-refractivity contribution in [3.63, 3.8) is 0 Å². The molecule has 4 aromatic rings. The molecule has 2 aromatic carbocycles. The number of aromatic nitrogens is 2. The lowest BCUT2D eigenvalue weighted by molar-refractivity contribution is -0.137. The number of hydrogen-bond donors (Lipinski definition) is 1. The monoisotopic (exact) mass is 465 g/mol. The normalized spacial score (nSPS) is 11.3. The number of rotatable bonds is 5. The molecule has 6 nitrogen and oxygen atoms in total. The summed E-state index contributed by atoms with van der Waals surface area (Å²) in [4.78, 5) is 33.3. The van der Waals surface area contributed by atoms with Crippen molar-refractivity contribution >= 4 is 28.5 Å². The smallest absolute Gasteiger partial charge is 0.416 e. The molecule has 0 saturated carbocycles. The number of carbonyl (C=O) groups excluding carboxylic acids is 2. The summed E-state index contributed by atoms with van der Waals surface area (Å²) < 4.78 is 43.6. The highest BCUT2D eigenvalue weighted by Gasteiger charge is 2.30. The van der Waals surface area contributed by atoms with Gasteiger partial charge in [0.05, 0.1) is 34.5 Å². The quantitative estimate of drug-likeness (QED) is 0.380. The minimum atomic E-state index is -4.45. The van der Waals surface area contributed by atoms with Gasteiger partial charge in [-0.25, -0.2) is 4.79 Å². The van der Waals surface area contributed by atoms with Gasteiger partial charge in [-0.2, -0.15) is 13.2 Å². The van der Waals surface area contributed by atoms with Gasteiger partial charge >= 0.3 is 12.1 Å². The molecular weight excluding hydrogens is 447 g/mol. The van der Waals surface area contributed by atoms with E-state index in [2.05, 4.69) is 15.3 Å². The average molecular weight is 465 g/mol. The number of hydrogen-bond acceptors (Lipinski definition) is 5. The summed E-state index contributed by atoms with van der Waals surface area (Å²) in [5.74, 6) is -0.952. The van der Waals surface area contributed by atoms with Crippen molar-refractivity contribution in [3.8, 4) is 11.3 Å². The van der Waals surface area contributed by atoms with Gasteiger partial charge in [0, 0.05) is 29.0 Å². The van der Waals surface area contributed by atoms with E-state index in [0.29, 0.717) is 27.7 Å². The fraction of sp³-hybridized carbons (Fsp3) is 0.120. The maximum Gasteiger partial charge on any atom is 0.416 e. The van der Waals surface area contributed by atoms with E-state index in [0.717, 1.165) is 12.1 Å². The molecule has 0 aliphatic rings. The average Bonchev–Trinajstić information content (AvgIpc) is 2.83. The number of nitrogens with one attached hydrogen (secondary N) is 1. The first-order chi connectivity index (χ1) is 16.3. The first-order valence-electron chi connectivity index (χ1n) is 10.3. The molecule has 1 N–H and O–H groups in total. The number of benzene rings is 2. The zero-order chi connectivity index (χ0) is 24.3. The lowest BCUT2D eigenvalue weighted by Crippen LogP contribution is -2.14. The molecular formula is C25H18F3N3O3. The highest BCUT2D eigenvalue weighted by Crippen LogP contribution is 2.31. The van der Waals surface area contributed by atoms with Crippen LogP contribution in [0.2, 0.25) is 0 Å². The number of carbonyl (C=O) groups is 2. The summed E-state index contributed by atoms with van der Waals surface area (Å²) in [6, 6.07) is 14.2. The number of pyridine rings is 2. The molecule has 4 rings (SSSR count). The Kier molecular flexibility index (Phi) is 6.27. The van der Waals surface area contributed by atoms with E-state index in [1.54, 1.807) is 43.3 Å². The number of ether oxygens (including phenoxy) is 1. The SMILES string of the molecule is CCOC(=O)c1cnc2cc(NC(=O)c3cccnc3-c3ccc(C(F)(F)F)cc3)ccc2c1. The number of esters is 1. The van der Waals surface area contributed by atoms with Crippen molar-refractivity contribution in [2.24, 2.45) is 0 Å². The fourth-order valence-electron chi connectivity index (χ4n) is 3.36. The summed E-state index contributed by atoms with van der Waals surface area (Å²) in [6.45, 7) is 1.97. The van der Waals surface area contributed by atoms with E-state index < -0.39 is 23.6 Å². The molecule has 0 spiro atoms. The Hall–Kier alpha value is -4.27. The Morgan fingerprint density at radius 3 is 2.47 bits per heavy atom. The van der Waals surface area contributed by atoms with Crippen molar-refractivity contribution in [3.05, 3.63) is 89.7 Å². The third-order valence-corrected chi connectivity index (χ3v) is 4.99. The van der Waals surface area contributed by atoms with Gasteiger partial charge in [-0.1, -0.05) is 18.2 Å². The van der Waals surface area contributed by atoms with Gasteiger partial charge in [-0.3, -0.25) is 14.8 Å². The summed E-state index contributed by atoms with van der Waals surface area (Å²) >= 11 is 0. The molecule has 0 unspecified atom stereocenters. The van der Waals surface area contributed by atoms with Gasteiger partial charge in [0.25, 0.3) is 5.91 Å². The van der Waals surface area contributed by atoms with Crippen LogP contribution in [0.4, 0.5) is 18.9 Å². The third-order valence-electron chi connectivity index (χ3n) is 4.99. The van der Waals surface area contributed by atoms with E-state index >= 15 is 0 Å². The third kappa shape index (κ3) is 4.88. The van der Waals surface area contributed by atoms with Gasteiger partial charge in [-0.15, -0.1) is 0 Å². The van der Waals surface area contributed by atoms with Crippen LogP contribution in [0.5, 0.6) is 0 Å². The Bertz CT molecular complexity index is 1370. The molecule has 2 heterocycles. The Morgan fingerprint density at radius 1 is 1.00 bits per heavy atom. The Balaban J connectivity index is 1.58. The Morgan fingerprint density at radius 2 is 1.76 bits per heavy atom. The molecule has 0 fully saturated rings. The number of fused-ring (bicyclic) bond motifs is 1. The first-order valence-corrected chi connectivity index (χ1v) is 10.3. The van der Waals surface area contributed by atoms with Crippen LogP contribution in [-0.2, 0) is 10.9 Å². The van der Waals surface area contributed by atoms with E-state index in [1.165, 1.54) is 24.5 Å². The van der Waals surface area contributed by atoms with Crippen LogP contribution < -0.4 is 5.32 Å². The highest BCUT2D eigenvalue weighted by molar-refractivity contribution is 6.08. The van der Waals surface area contributed by atoms with Crippen LogP contribution in [0.1, 0.15) is 33.2 Å². The van der Waals surface area contributed by atoms with Gasteiger partial charge < -0.3 is 10.1 Å². The molecule has 34 heavy (non-hydrogen) atoms. The second-order valence-corrected chi connectivity index (χ2v) is 7.28. The molecule has 0 radical (unpaired) electrons. The van der Waals surface area contributed by atoms with Crippen molar-refractivity contribution in [2.45, 2.75) is 13.1 Å². The van der Waals surface area contributed by atoms with E-state index in [9.17, 15) is 22.8 Å². The molecule has 0 aliphatic carbocycles. The Labute approximate surface area is 192 Å². The van der Waals surface area contributed by atoms with Crippen molar-refractivity contribution in [1.29, 1.82) is 0 Å². The summed E-state index contributed by atoms with van der Waals surface area (Å²) in [7, 11) is 0. The second-order valence-electron chi connectivity index (χ2n) is 7.28. The van der Waals surface area contributed by atoms with Crippen LogP contribution in [0.15, 0.2) is 73.1 Å². The van der Waals surface area contributed by atoms with Gasteiger partial charge in [0.15, 0.2) is 0 Å². The van der Waals surface area contributed by atoms with E-state index in [-0.39, 0.29) is 17.9 Å². The lowest BCUT2D eigenvalue weighted by atomic mass is 10.0. The molecule has 0 saturated heterocycles. The molecule has 0 bridgehead atoms. The minimum Gasteiger partial charge on any atom is -0.462 e. The number of anilines is 1. The van der Waals surface area contributed by atoms with Crippen LogP contribution in [0.25, 0.3) is 22.2 Å². The van der Waals surface area contributed by atoms with Crippen LogP contribution >= 0.6 is 0 Å². The molecule has 0 atom stereocenters. The predicted molar refractivity (Wildman–Crippen MR) is 120 cm³/mol. The highest BCUT2D eigenvalue weighted by atomic mass is 19.4. The maximum absolute atomic E-state index is 13.0. The number of halogens is 3. The van der Waals surface area contributed by atoms with Crippen LogP contribution in [0.3, 0.4) is 0 Å². The topological polar surface area (TPSA) is 81.2 Å². The van der Waals surface area contributed by atoms with Crippen LogP contribution in [-0.4, -0.2) is 28.5 Å². The number of alkyl halides is 3.